The van der Waals surface area contributed by atoms with Crippen molar-refractivity contribution < 1.29 is 14.3 Å². The minimum absolute atomic E-state index is 0. The molecule has 0 spiro atoms. The average molecular weight is 391 g/mol. The Bertz CT molecular complexity index is 750. The summed E-state index contributed by atoms with van der Waals surface area (Å²) in [4.78, 5) is 12.3. The van der Waals surface area contributed by atoms with Crippen LogP contribution in [-0.4, -0.2) is 26.2 Å². The summed E-state index contributed by atoms with van der Waals surface area (Å²) >= 11 is 0. The van der Waals surface area contributed by atoms with Crippen LogP contribution in [-0.2, 0) is 17.8 Å². The van der Waals surface area contributed by atoms with Crippen LogP contribution in [0, 0.1) is 0 Å². The van der Waals surface area contributed by atoms with Gasteiger partial charge in [0.25, 0.3) is 5.91 Å². The fourth-order valence-corrected chi connectivity index (χ4v) is 2.51. The van der Waals surface area contributed by atoms with E-state index in [4.69, 9.17) is 9.47 Å². The predicted molar refractivity (Wildman–Crippen MR) is 112 cm³/mol. The molecular formula is C21H27ClN2O3. The fourth-order valence-electron chi connectivity index (χ4n) is 2.51. The summed E-state index contributed by atoms with van der Waals surface area (Å²) in [7, 11) is 1.58. The lowest BCUT2D eigenvalue weighted by atomic mass is 10.1. The van der Waals surface area contributed by atoms with Crippen molar-refractivity contribution in [1.82, 2.24) is 5.32 Å². The zero-order chi connectivity index (χ0) is 18.8. The Labute approximate surface area is 167 Å². The lowest BCUT2D eigenvalue weighted by Gasteiger charge is -2.14. The number of amides is 1. The largest absolute Gasteiger partial charge is 0.493 e. The highest BCUT2D eigenvalue weighted by molar-refractivity contribution is 5.92. The number of ether oxygens (including phenoxy) is 2. The molecule has 0 atom stereocenters. The summed E-state index contributed by atoms with van der Waals surface area (Å²) in [5.41, 5.74) is 2.90. The molecule has 0 aliphatic heterocycles. The van der Waals surface area contributed by atoms with Crippen LogP contribution in [0.4, 0.5) is 5.69 Å². The normalized spacial score (nSPS) is 9.85. The van der Waals surface area contributed by atoms with E-state index in [1.807, 2.05) is 55.5 Å². The average Bonchev–Trinajstić information content (AvgIpc) is 2.66. The quantitative estimate of drug-likeness (QED) is 0.602. The van der Waals surface area contributed by atoms with Gasteiger partial charge in [0.05, 0.1) is 7.11 Å². The third kappa shape index (κ3) is 6.96. The van der Waals surface area contributed by atoms with Crippen molar-refractivity contribution in [3.05, 3.63) is 66.2 Å². The number of hydrogen-bond donors (Lipinski definition) is 2. The summed E-state index contributed by atoms with van der Waals surface area (Å²) in [6.45, 7) is 7.25. The van der Waals surface area contributed by atoms with Crippen molar-refractivity contribution in [3.8, 4) is 11.5 Å². The molecule has 0 radical (unpaired) electrons. The lowest BCUT2D eigenvalue weighted by Crippen LogP contribution is -2.22. The van der Waals surface area contributed by atoms with Crippen molar-refractivity contribution in [1.29, 1.82) is 0 Å². The number of hydrogen-bond acceptors (Lipinski definition) is 4. The lowest BCUT2D eigenvalue weighted by molar-refractivity contribution is -0.118. The predicted octanol–water partition coefficient (Wildman–Crippen LogP) is 3.97. The van der Waals surface area contributed by atoms with Gasteiger partial charge in [0.15, 0.2) is 18.1 Å². The van der Waals surface area contributed by atoms with Gasteiger partial charge in [-0.15, -0.1) is 19.0 Å². The zero-order valence-corrected chi connectivity index (χ0v) is 16.6. The summed E-state index contributed by atoms with van der Waals surface area (Å²) in [5, 5.41) is 6.16. The van der Waals surface area contributed by atoms with E-state index < -0.39 is 0 Å². The molecule has 0 heterocycles. The molecule has 2 aromatic rings. The van der Waals surface area contributed by atoms with Gasteiger partial charge in [0, 0.05) is 12.2 Å². The molecule has 2 aromatic carbocycles. The molecule has 0 aromatic heterocycles. The van der Waals surface area contributed by atoms with E-state index in [9.17, 15) is 4.79 Å². The molecule has 0 bridgehead atoms. The first-order valence-electron chi connectivity index (χ1n) is 8.67. The second-order valence-corrected chi connectivity index (χ2v) is 5.75. The van der Waals surface area contributed by atoms with E-state index in [1.165, 1.54) is 0 Å². The first-order valence-corrected chi connectivity index (χ1v) is 8.67. The number of anilines is 1. The maximum Gasteiger partial charge on any atom is 0.262 e. The molecule has 0 saturated carbocycles. The van der Waals surface area contributed by atoms with Gasteiger partial charge >= 0.3 is 0 Å². The summed E-state index contributed by atoms with van der Waals surface area (Å²) < 4.78 is 11.0. The van der Waals surface area contributed by atoms with Crippen molar-refractivity contribution >= 4 is 24.0 Å². The van der Waals surface area contributed by atoms with E-state index in [-0.39, 0.29) is 24.9 Å². The van der Waals surface area contributed by atoms with Crippen molar-refractivity contribution in [2.75, 3.05) is 25.6 Å². The van der Waals surface area contributed by atoms with Crippen LogP contribution in [0.15, 0.2) is 55.1 Å². The van der Waals surface area contributed by atoms with Gasteiger partial charge in [-0.3, -0.25) is 4.79 Å². The number of para-hydroxylation sites is 1. The zero-order valence-electron chi connectivity index (χ0n) is 15.8. The highest BCUT2D eigenvalue weighted by atomic mass is 35.5. The number of nitrogens with one attached hydrogen (secondary N) is 2. The maximum atomic E-state index is 12.3. The molecule has 2 N–H and O–H groups in total. The van der Waals surface area contributed by atoms with E-state index in [1.54, 1.807) is 7.11 Å². The molecule has 146 valence electrons. The molecule has 27 heavy (non-hydrogen) atoms. The van der Waals surface area contributed by atoms with Gasteiger partial charge in [0.2, 0.25) is 0 Å². The van der Waals surface area contributed by atoms with E-state index in [2.05, 4.69) is 17.2 Å². The second kappa shape index (κ2) is 12.0. The number of carbonyl (C=O) groups excluding carboxylic acids is 1. The SMILES string of the molecule is C=CCc1ccc(OCC(=O)Nc2ccccc2CNCC)c(OC)c1.Cl. The summed E-state index contributed by atoms with van der Waals surface area (Å²) in [6.07, 6.45) is 2.58. The summed E-state index contributed by atoms with van der Waals surface area (Å²) in [6, 6.07) is 13.4. The molecule has 1 amide bonds. The van der Waals surface area contributed by atoms with Gasteiger partial charge < -0.3 is 20.1 Å². The minimum Gasteiger partial charge on any atom is -0.493 e. The van der Waals surface area contributed by atoms with Crippen LogP contribution in [0.25, 0.3) is 0 Å². The van der Waals surface area contributed by atoms with Gasteiger partial charge in [-0.1, -0.05) is 37.3 Å². The summed E-state index contributed by atoms with van der Waals surface area (Å²) in [5.74, 6) is 0.923. The molecule has 5 nitrogen and oxygen atoms in total. The van der Waals surface area contributed by atoms with Crippen LogP contribution in [0.2, 0.25) is 0 Å². The Morgan fingerprint density at radius 1 is 1.19 bits per heavy atom. The Morgan fingerprint density at radius 3 is 2.67 bits per heavy atom. The van der Waals surface area contributed by atoms with Crippen LogP contribution in [0.5, 0.6) is 11.5 Å². The van der Waals surface area contributed by atoms with Crippen molar-refractivity contribution in [3.63, 3.8) is 0 Å². The van der Waals surface area contributed by atoms with Crippen LogP contribution in [0.1, 0.15) is 18.1 Å². The van der Waals surface area contributed by atoms with Gasteiger partial charge in [-0.05, 0) is 42.3 Å². The Hall–Kier alpha value is -2.50. The Morgan fingerprint density at radius 2 is 1.96 bits per heavy atom. The number of benzene rings is 2. The monoisotopic (exact) mass is 390 g/mol. The molecule has 2 rings (SSSR count). The number of allylic oxidation sites excluding steroid dienone is 1. The van der Waals surface area contributed by atoms with Gasteiger partial charge in [0.1, 0.15) is 0 Å². The Kier molecular flexibility index (Phi) is 10.0. The first kappa shape index (κ1) is 22.5. The maximum absolute atomic E-state index is 12.3. The van der Waals surface area contributed by atoms with Crippen LogP contribution < -0.4 is 20.1 Å². The molecule has 0 saturated heterocycles. The molecule has 0 unspecified atom stereocenters. The van der Waals surface area contributed by atoms with Crippen LogP contribution in [0.3, 0.4) is 0 Å². The highest BCUT2D eigenvalue weighted by Crippen LogP contribution is 2.28. The second-order valence-electron chi connectivity index (χ2n) is 5.75. The fraction of sp³-hybridized carbons (Fsp3) is 0.286. The molecule has 0 fully saturated rings. The van der Waals surface area contributed by atoms with Crippen molar-refractivity contribution in [2.24, 2.45) is 0 Å². The number of carbonyl (C=O) groups is 1. The smallest absolute Gasteiger partial charge is 0.262 e. The van der Waals surface area contributed by atoms with E-state index in [0.717, 1.165) is 29.8 Å². The van der Waals surface area contributed by atoms with Gasteiger partial charge in [-0.2, -0.15) is 0 Å². The topological polar surface area (TPSA) is 59.6 Å². The molecule has 0 aliphatic rings. The minimum atomic E-state index is -0.217. The number of halogens is 1. The Balaban J connectivity index is 0.00000364. The van der Waals surface area contributed by atoms with Crippen LogP contribution >= 0.6 is 12.4 Å². The number of methoxy groups -OCH3 is 1. The first-order chi connectivity index (χ1) is 12.7. The third-order valence-corrected chi connectivity index (χ3v) is 3.82. The third-order valence-electron chi connectivity index (χ3n) is 3.82. The van der Waals surface area contributed by atoms with E-state index >= 15 is 0 Å². The van der Waals surface area contributed by atoms with E-state index in [0.29, 0.717) is 18.0 Å². The number of rotatable bonds is 10. The van der Waals surface area contributed by atoms with Gasteiger partial charge in [-0.25, -0.2) is 0 Å². The standard InChI is InChI=1S/C21H26N2O3.ClH/c1-4-8-16-11-12-19(20(13-16)25-3)26-15-21(24)23-18-10-7-6-9-17(18)14-22-5-2;/h4,6-7,9-13,22H,1,5,8,14-15H2,2-3H3,(H,23,24);1H. The molecule has 0 aliphatic carbocycles. The molecular weight excluding hydrogens is 364 g/mol. The molecule has 6 heteroatoms. The van der Waals surface area contributed by atoms with Crippen molar-refractivity contribution in [2.45, 2.75) is 19.9 Å². The highest BCUT2D eigenvalue weighted by Gasteiger charge is 2.10.